The first-order valence-corrected chi connectivity index (χ1v) is 15.7. The maximum Gasteiger partial charge on any atom is 0.254 e. The highest BCUT2D eigenvalue weighted by molar-refractivity contribution is 9.09. The Balaban J connectivity index is 1.51. The number of amides is 4. The number of halogens is 3. The molecule has 1 aromatic carbocycles. The molecule has 0 radical (unpaired) electrons. The molecule has 3 heterocycles. The summed E-state index contributed by atoms with van der Waals surface area (Å²) < 4.78 is 5.61. The van der Waals surface area contributed by atoms with Crippen molar-refractivity contribution in [3.63, 3.8) is 0 Å². The molecule has 2 aliphatic heterocycles. The van der Waals surface area contributed by atoms with Gasteiger partial charge in [-0.1, -0.05) is 45.8 Å². The van der Waals surface area contributed by atoms with Gasteiger partial charge in [0.05, 0.1) is 30.4 Å². The molecule has 4 amide bonds. The number of hydrogen-bond donors (Lipinski definition) is 1. The molecule has 40 heavy (non-hydrogen) atoms. The first kappa shape index (κ1) is 27.8. The van der Waals surface area contributed by atoms with E-state index >= 15 is 0 Å². The lowest BCUT2D eigenvalue weighted by molar-refractivity contribution is -0.141. The van der Waals surface area contributed by atoms with Gasteiger partial charge in [-0.05, 0) is 43.2 Å². The second-order valence-electron chi connectivity index (χ2n) is 10.5. The highest BCUT2D eigenvalue weighted by Crippen LogP contribution is 2.66. The van der Waals surface area contributed by atoms with Crippen molar-refractivity contribution in [1.82, 2.24) is 9.80 Å². The van der Waals surface area contributed by atoms with E-state index in [-0.39, 0.29) is 60.3 Å². The number of allylic oxidation sites excluding steroid dienone is 2. The highest BCUT2D eigenvalue weighted by Gasteiger charge is 2.76. The molecule has 2 aliphatic carbocycles. The number of phenolic OH excluding ortho intramolecular Hbond substituents is 1. The van der Waals surface area contributed by atoms with Gasteiger partial charge in [0.25, 0.3) is 11.8 Å². The summed E-state index contributed by atoms with van der Waals surface area (Å²) in [6.45, 7) is 2.23. The number of likely N-dealkylation sites (tertiary alicyclic amines) is 2. The number of carbonyl (C=O) groups excluding carboxylic acids is 4. The van der Waals surface area contributed by atoms with Gasteiger partial charge in [-0.2, -0.15) is 0 Å². The fourth-order valence-electron chi connectivity index (χ4n) is 6.92. The summed E-state index contributed by atoms with van der Waals surface area (Å²) in [5, 5.41) is 13.2. The number of thiophene rings is 1. The molecule has 4 aliphatic rings. The third-order valence-corrected chi connectivity index (χ3v) is 11.4. The Morgan fingerprint density at radius 2 is 1.85 bits per heavy atom. The van der Waals surface area contributed by atoms with Crippen LogP contribution in [0.2, 0.25) is 0 Å². The zero-order chi connectivity index (χ0) is 28.6. The van der Waals surface area contributed by atoms with Gasteiger partial charge in [-0.15, -0.1) is 34.5 Å². The minimum absolute atomic E-state index is 0.104. The number of hydrogen-bond acceptors (Lipinski definition) is 7. The van der Waals surface area contributed by atoms with Crippen molar-refractivity contribution in [1.29, 1.82) is 0 Å². The lowest BCUT2D eigenvalue weighted by atomic mass is 9.56. The summed E-state index contributed by atoms with van der Waals surface area (Å²) >= 11 is 19.1. The number of imide groups is 2. The van der Waals surface area contributed by atoms with E-state index in [1.165, 1.54) is 16.2 Å². The van der Waals surface area contributed by atoms with E-state index in [9.17, 15) is 24.3 Å². The van der Waals surface area contributed by atoms with Crippen LogP contribution in [0, 0.1) is 17.8 Å². The first-order valence-electron chi connectivity index (χ1n) is 12.9. The quantitative estimate of drug-likeness (QED) is 0.206. The smallest absolute Gasteiger partial charge is 0.254 e. The summed E-state index contributed by atoms with van der Waals surface area (Å²) in [7, 11) is 0. The number of phenols is 1. The third-order valence-electron chi connectivity index (χ3n) is 8.64. The van der Waals surface area contributed by atoms with Crippen LogP contribution in [0.4, 0.5) is 0 Å². The molecule has 2 saturated heterocycles. The molecule has 1 aromatic heterocycles. The number of alkyl halides is 3. The summed E-state index contributed by atoms with van der Waals surface area (Å²) in [5.74, 6) is -5.08. The number of ether oxygens (including phenoxy) is 1. The molecule has 2 aromatic rings. The predicted molar refractivity (Wildman–Crippen MR) is 152 cm³/mol. The predicted octanol–water partition coefficient (Wildman–Crippen LogP) is 4.76. The van der Waals surface area contributed by atoms with Crippen LogP contribution >= 0.6 is 50.5 Å². The lowest BCUT2D eigenvalue weighted by Gasteiger charge is -2.50. The first-order chi connectivity index (χ1) is 19.1. The molecule has 0 bridgehead atoms. The molecule has 210 valence electrons. The van der Waals surface area contributed by atoms with Gasteiger partial charge in [-0.25, -0.2) is 0 Å². The van der Waals surface area contributed by atoms with Crippen LogP contribution in [0.25, 0.3) is 0 Å². The number of benzene rings is 1. The van der Waals surface area contributed by atoms with E-state index in [4.69, 9.17) is 27.9 Å². The number of aromatic hydroxyl groups is 1. The van der Waals surface area contributed by atoms with Gasteiger partial charge in [0.2, 0.25) is 11.8 Å². The molecular formula is C28H25BrCl2N2O6S. The van der Waals surface area contributed by atoms with Crippen molar-refractivity contribution in [3.8, 4) is 11.5 Å². The Kier molecular flexibility index (Phi) is 6.84. The SMILES string of the molecule is CCOc1cccc([C@H]2C3=CC[C@@H]4C(=O)N(Cc5cccs5)C(=O)[C@@H]4[C@@H]3C[C@@]3(Cl)C(=O)N(CBr)C(=O)[C@@]23Cl)c1O. The molecule has 0 unspecified atom stereocenters. The van der Waals surface area contributed by atoms with E-state index in [2.05, 4.69) is 15.9 Å². The summed E-state index contributed by atoms with van der Waals surface area (Å²) in [6, 6.07) is 8.62. The lowest BCUT2D eigenvalue weighted by Crippen LogP contribution is -2.60. The van der Waals surface area contributed by atoms with Gasteiger partial charge in [0.1, 0.15) is 0 Å². The molecular weight excluding hydrogens is 643 g/mol. The van der Waals surface area contributed by atoms with Crippen LogP contribution < -0.4 is 4.74 Å². The Morgan fingerprint density at radius 1 is 1.07 bits per heavy atom. The topological polar surface area (TPSA) is 104 Å². The van der Waals surface area contributed by atoms with E-state index < -0.39 is 45.2 Å². The number of para-hydroxylation sites is 1. The molecule has 3 fully saturated rings. The molecule has 0 spiro atoms. The normalized spacial score (nSPS) is 33.1. The Labute approximate surface area is 253 Å². The number of nitrogens with zero attached hydrogens (tertiary/aromatic N) is 2. The molecule has 6 atom stereocenters. The Morgan fingerprint density at radius 3 is 2.52 bits per heavy atom. The van der Waals surface area contributed by atoms with Crippen LogP contribution in [0.3, 0.4) is 0 Å². The van der Waals surface area contributed by atoms with Crippen LogP contribution in [0.15, 0.2) is 47.4 Å². The summed E-state index contributed by atoms with van der Waals surface area (Å²) in [6.07, 6.45) is 2.00. The zero-order valence-corrected chi connectivity index (χ0v) is 25.2. The van der Waals surface area contributed by atoms with E-state index in [0.29, 0.717) is 5.57 Å². The van der Waals surface area contributed by atoms with E-state index in [0.717, 1.165) is 9.78 Å². The fourth-order valence-corrected chi connectivity index (χ4v) is 9.03. The van der Waals surface area contributed by atoms with Gasteiger partial charge in [0, 0.05) is 16.4 Å². The van der Waals surface area contributed by atoms with Crippen LogP contribution in [-0.4, -0.2) is 60.3 Å². The van der Waals surface area contributed by atoms with Crippen molar-refractivity contribution in [2.24, 2.45) is 17.8 Å². The number of rotatable bonds is 6. The minimum Gasteiger partial charge on any atom is -0.504 e. The van der Waals surface area contributed by atoms with Crippen LogP contribution in [-0.2, 0) is 25.7 Å². The third kappa shape index (κ3) is 3.61. The minimum atomic E-state index is -1.99. The van der Waals surface area contributed by atoms with Crippen molar-refractivity contribution < 1.29 is 29.0 Å². The highest BCUT2D eigenvalue weighted by atomic mass is 79.9. The fraction of sp³-hybridized carbons (Fsp3) is 0.429. The van der Waals surface area contributed by atoms with E-state index in [1.807, 2.05) is 23.6 Å². The van der Waals surface area contributed by atoms with Gasteiger partial charge >= 0.3 is 0 Å². The molecule has 8 nitrogen and oxygen atoms in total. The molecule has 1 saturated carbocycles. The number of fused-ring (bicyclic) bond motifs is 4. The van der Waals surface area contributed by atoms with Crippen LogP contribution in [0.5, 0.6) is 11.5 Å². The second kappa shape index (κ2) is 9.86. The monoisotopic (exact) mass is 666 g/mol. The Bertz CT molecular complexity index is 1470. The molecule has 6 rings (SSSR count). The van der Waals surface area contributed by atoms with Crippen molar-refractivity contribution >= 4 is 74.1 Å². The Hall–Kier alpha value is -2.40. The average molecular weight is 668 g/mol. The molecule has 1 N–H and O–H groups in total. The van der Waals surface area contributed by atoms with Gasteiger partial charge in [0.15, 0.2) is 21.2 Å². The standard InChI is InChI=1S/C28H25BrCl2N2O6S/c1-2-39-19-7-3-6-17(22(19)34)21-15-8-9-16-20(24(36)32(23(16)35)12-14-5-4-10-40-14)18(15)11-27(30)25(37)33(13-29)26(38)28(21,27)31/h3-8,10,16,18,20-21,34H,2,9,11-13H2,1H3/t16-,18+,20-,21+,27+,28-/m0/s1. The maximum atomic E-state index is 13.9. The molecule has 12 heteroatoms. The number of carbonyl (C=O) groups is 4. The largest absolute Gasteiger partial charge is 0.504 e. The van der Waals surface area contributed by atoms with Crippen molar-refractivity contribution in [3.05, 3.63) is 57.8 Å². The van der Waals surface area contributed by atoms with Gasteiger partial charge < -0.3 is 9.84 Å². The summed E-state index contributed by atoms with van der Waals surface area (Å²) in [5.41, 5.74) is 0.769. The second-order valence-corrected chi connectivity index (χ2v) is 13.2. The van der Waals surface area contributed by atoms with E-state index in [1.54, 1.807) is 25.1 Å². The van der Waals surface area contributed by atoms with Gasteiger partial charge in [-0.3, -0.25) is 29.0 Å². The van der Waals surface area contributed by atoms with Crippen LogP contribution in [0.1, 0.15) is 36.1 Å². The van der Waals surface area contributed by atoms with Crippen molar-refractivity contribution in [2.75, 3.05) is 12.1 Å². The van der Waals surface area contributed by atoms with Crippen molar-refractivity contribution in [2.45, 2.75) is 42.0 Å². The average Bonchev–Trinajstić information content (AvgIpc) is 3.57. The zero-order valence-electron chi connectivity index (χ0n) is 21.3. The summed E-state index contributed by atoms with van der Waals surface area (Å²) in [4.78, 5) is 54.2. The maximum absolute atomic E-state index is 13.9.